The summed E-state index contributed by atoms with van der Waals surface area (Å²) in [5.74, 6) is 0.490. The lowest BCUT2D eigenvalue weighted by molar-refractivity contribution is -0.113. The highest BCUT2D eigenvalue weighted by atomic mass is 35.5. The molecule has 1 N–H and O–H groups in total. The van der Waals surface area contributed by atoms with Crippen LogP contribution in [0.4, 0.5) is 5.69 Å². The van der Waals surface area contributed by atoms with E-state index in [4.69, 9.17) is 25.8 Å². The lowest BCUT2D eigenvalue weighted by Crippen LogP contribution is -2.15. The van der Waals surface area contributed by atoms with E-state index in [0.29, 0.717) is 32.9 Å². The van der Waals surface area contributed by atoms with Crippen molar-refractivity contribution in [2.45, 2.75) is 11.6 Å². The summed E-state index contributed by atoms with van der Waals surface area (Å²) in [5.41, 5.74) is 1.58. The van der Waals surface area contributed by atoms with Crippen molar-refractivity contribution in [1.29, 1.82) is 0 Å². The molecule has 1 aliphatic rings. The molecule has 0 aliphatic carbocycles. The first-order chi connectivity index (χ1) is 15.1. The molecule has 3 aromatic rings. The Morgan fingerprint density at radius 1 is 1.13 bits per heavy atom. The van der Waals surface area contributed by atoms with Crippen molar-refractivity contribution in [3.8, 4) is 11.5 Å². The van der Waals surface area contributed by atoms with E-state index >= 15 is 0 Å². The average molecular weight is 458 g/mol. The summed E-state index contributed by atoms with van der Waals surface area (Å²) < 4.78 is 15.9. The van der Waals surface area contributed by atoms with Crippen LogP contribution in [0.2, 0.25) is 5.15 Å². The van der Waals surface area contributed by atoms with Crippen molar-refractivity contribution in [3.05, 3.63) is 71.1 Å². The molecule has 0 saturated heterocycles. The SMILES string of the molecule is O=C(CSc1ncccc1C(=O)OCc1ccc(Cl)nc1)Nc1ccc2c(c1)OCO2. The number of anilines is 1. The van der Waals surface area contributed by atoms with Gasteiger partial charge in [-0.2, -0.15) is 0 Å². The molecule has 8 nitrogen and oxygen atoms in total. The van der Waals surface area contributed by atoms with Crippen molar-refractivity contribution >= 4 is 40.9 Å². The first kappa shape index (κ1) is 21.0. The van der Waals surface area contributed by atoms with E-state index in [1.807, 2.05) is 0 Å². The third-order valence-electron chi connectivity index (χ3n) is 4.15. The van der Waals surface area contributed by atoms with Gasteiger partial charge in [0.05, 0.1) is 11.3 Å². The van der Waals surface area contributed by atoms with Gasteiger partial charge in [-0.25, -0.2) is 14.8 Å². The van der Waals surface area contributed by atoms with Gasteiger partial charge in [0.15, 0.2) is 11.5 Å². The number of hydrogen-bond donors (Lipinski definition) is 1. The van der Waals surface area contributed by atoms with E-state index in [1.54, 1.807) is 48.7 Å². The number of thioether (sulfide) groups is 1. The number of nitrogens with one attached hydrogen (secondary N) is 1. The number of halogens is 1. The van der Waals surface area contributed by atoms with Gasteiger partial charge in [0.25, 0.3) is 0 Å². The van der Waals surface area contributed by atoms with E-state index < -0.39 is 5.97 Å². The molecule has 0 saturated carbocycles. The van der Waals surface area contributed by atoms with Crippen LogP contribution in [0.5, 0.6) is 11.5 Å². The molecule has 31 heavy (non-hydrogen) atoms. The maximum Gasteiger partial charge on any atom is 0.341 e. The molecule has 1 aliphatic heterocycles. The van der Waals surface area contributed by atoms with Gasteiger partial charge < -0.3 is 19.5 Å². The highest BCUT2D eigenvalue weighted by molar-refractivity contribution is 8.00. The van der Waals surface area contributed by atoms with Crippen LogP contribution < -0.4 is 14.8 Å². The first-order valence-electron chi connectivity index (χ1n) is 9.13. The fourth-order valence-electron chi connectivity index (χ4n) is 2.68. The van der Waals surface area contributed by atoms with E-state index in [2.05, 4.69) is 15.3 Å². The highest BCUT2D eigenvalue weighted by Crippen LogP contribution is 2.34. The summed E-state index contributed by atoms with van der Waals surface area (Å²) in [7, 11) is 0. The first-order valence-corrected chi connectivity index (χ1v) is 10.5. The van der Waals surface area contributed by atoms with Crippen molar-refractivity contribution < 1.29 is 23.8 Å². The number of benzene rings is 1. The Morgan fingerprint density at radius 2 is 2.00 bits per heavy atom. The van der Waals surface area contributed by atoms with Gasteiger partial charge in [-0.15, -0.1) is 0 Å². The Kier molecular flexibility index (Phi) is 6.54. The molecule has 3 heterocycles. The Morgan fingerprint density at radius 3 is 2.84 bits per heavy atom. The van der Waals surface area contributed by atoms with E-state index in [1.165, 1.54) is 6.20 Å². The van der Waals surface area contributed by atoms with Crippen molar-refractivity contribution in [1.82, 2.24) is 9.97 Å². The van der Waals surface area contributed by atoms with Gasteiger partial charge in [0.1, 0.15) is 16.8 Å². The number of carbonyl (C=O) groups excluding carboxylic acids is 2. The molecule has 0 spiro atoms. The second kappa shape index (κ2) is 9.67. The van der Waals surface area contributed by atoms with Gasteiger partial charge in [0.2, 0.25) is 12.7 Å². The molecule has 0 bridgehead atoms. The number of aromatic nitrogens is 2. The van der Waals surface area contributed by atoms with Gasteiger partial charge in [-0.1, -0.05) is 29.4 Å². The number of amides is 1. The lowest BCUT2D eigenvalue weighted by Gasteiger charge is -2.09. The fraction of sp³-hybridized carbons (Fsp3) is 0.143. The molecule has 1 amide bonds. The number of fused-ring (bicyclic) bond motifs is 1. The van der Waals surface area contributed by atoms with Crippen LogP contribution in [0.3, 0.4) is 0 Å². The van der Waals surface area contributed by atoms with E-state index in [0.717, 1.165) is 11.8 Å². The van der Waals surface area contributed by atoms with Gasteiger partial charge in [-0.3, -0.25) is 4.79 Å². The zero-order valence-corrected chi connectivity index (χ0v) is 17.6. The summed E-state index contributed by atoms with van der Waals surface area (Å²) in [6.07, 6.45) is 3.09. The van der Waals surface area contributed by atoms with Crippen molar-refractivity contribution in [3.63, 3.8) is 0 Å². The van der Waals surface area contributed by atoms with Crippen molar-refractivity contribution in [2.24, 2.45) is 0 Å². The molecule has 0 unspecified atom stereocenters. The third-order valence-corrected chi connectivity index (χ3v) is 5.37. The number of esters is 1. The molecule has 1 aromatic carbocycles. The number of nitrogens with zero attached hydrogens (tertiary/aromatic N) is 2. The highest BCUT2D eigenvalue weighted by Gasteiger charge is 2.17. The Bertz CT molecular complexity index is 1110. The van der Waals surface area contributed by atoms with Crippen LogP contribution in [0, 0.1) is 0 Å². The predicted octanol–water partition coefficient (Wildman–Crippen LogP) is 3.95. The summed E-state index contributed by atoms with van der Waals surface area (Å²) in [4.78, 5) is 33.0. The summed E-state index contributed by atoms with van der Waals surface area (Å²) in [6, 6.07) is 11.7. The number of rotatable bonds is 7. The van der Waals surface area contributed by atoms with Crippen LogP contribution in [0.15, 0.2) is 59.9 Å². The molecule has 10 heteroatoms. The summed E-state index contributed by atoms with van der Waals surface area (Å²) >= 11 is 6.89. The quantitative estimate of drug-likeness (QED) is 0.323. The predicted molar refractivity (Wildman–Crippen MR) is 115 cm³/mol. The Labute approximate surface area is 186 Å². The van der Waals surface area contributed by atoms with E-state index in [9.17, 15) is 9.59 Å². The molecular weight excluding hydrogens is 442 g/mol. The smallest absolute Gasteiger partial charge is 0.341 e. The van der Waals surface area contributed by atoms with Gasteiger partial charge >= 0.3 is 5.97 Å². The van der Waals surface area contributed by atoms with Crippen LogP contribution in [-0.2, 0) is 16.1 Å². The molecule has 2 aromatic heterocycles. The second-order valence-corrected chi connectivity index (χ2v) is 7.68. The Balaban J connectivity index is 1.34. The summed E-state index contributed by atoms with van der Waals surface area (Å²) in [5, 5.41) is 3.55. The molecule has 158 valence electrons. The number of hydrogen-bond acceptors (Lipinski definition) is 8. The maximum atomic E-state index is 12.5. The number of pyridine rings is 2. The van der Waals surface area contributed by atoms with Gasteiger partial charge in [0, 0.05) is 29.7 Å². The normalized spacial score (nSPS) is 11.8. The fourth-order valence-corrected chi connectivity index (χ4v) is 3.58. The zero-order chi connectivity index (χ0) is 21.6. The standard InChI is InChI=1S/C21H16ClN3O5S/c22-18-6-3-13(9-24-18)10-28-21(27)15-2-1-7-23-20(15)31-11-19(26)25-14-4-5-16-17(8-14)30-12-29-16/h1-9H,10-12H2,(H,25,26). The summed E-state index contributed by atoms with van der Waals surface area (Å²) in [6.45, 7) is 0.211. The molecule has 0 fully saturated rings. The monoisotopic (exact) mass is 457 g/mol. The minimum atomic E-state index is -0.540. The lowest BCUT2D eigenvalue weighted by atomic mass is 10.3. The molecule has 4 rings (SSSR count). The minimum Gasteiger partial charge on any atom is -0.457 e. The van der Waals surface area contributed by atoms with E-state index in [-0.39, 0.29) is 30.6 Å². The zero-order valence-electron chi connectivity index (χ0n) is 16.0. The molecule has 0 atom stereocenters. The Hall–Kier alpha value is -3.30. The van der Waals surface area contributed by atoms with Crippen LogP contribution >= 0.6 is 23.4 Å². The largest absolute Gasteiger partial charge is 0.457 e. The number of carbonyl (C=O) groups is 2. The molecule has 0 radical (unpaired) electrons. The second-order valence-electron chi connectivity index (χ2n) is 6.33. The number of ether oxygens (including phenoxy) is 3. The maximum absolute atomic E-state index is 12.5. The van der Waals surface area contributed by atoms with Crippen molar-refractivity contribution in [2.75, 3.05) is 17.9 Å². The van der Waals surface area contributed by atoms with Crippen LogP contribution in [-0.4, -0.2) is 34.4 Å². The third kappa shape index (κ3) is 5.44. The minimum absolute atomic E-state index is 0.0482. The van der Waals surface area contributed by atoms with Gasteiger partial charge in [-0.05, 0) is 30.3 Å². The molecular formula is C21H16ClN3O5S. The topological polar surface area (TPSA) is 99.6 Å². The van der Waals surface area contributed by atoms with Crippen LogP contribution in [0.1, 0.15) is 15.9 Å². The average Bonchev–Trinajstić information content (AvgIpc) is 3.25. The van der Waals surface area contributed by atoms with Crippen LogP contribution in [0.25, 0.3) is 0 Å².